The Morgan fingerprint density at radius 1 is 1.08 bits per heavy atom. The third-order valence-corrected chi connectivity index (χ3v) is 3.38. The summed E-state index contributed by atoms with van der Waals surface area (Å²) >= 11 is 0. The highest BCUT2D eigenvalue weighted by Crippen LogP contribution is 2.41. The number of hydrogen-bond acceptors (Lipinski definition) is 5. The predicted octanol–water partition coefficient (Wildman–Crippen LogP) is 1.77. The largest absolute Gasteiger partial charge is 0.493 e. The molecule has 0 fully saturated rings. The second-order valence-corrected chi connectivity index (χ2v) is 5.61. The molecule has 0 bridgehead atoms. The van der Waals surface area contributed by atoms with Gasteiger partial charge >= 0.3 is 6.03 Å². The highest BCUT2D eigenvalue weighted by molar-refractivity contribution is 5.92. The van der Waals surface area contributed by atoms with Gasteiger partial charge in [0.25, 0.3) is 0 Å². The van der Waals surface area contributed by atoms with Crippen LogP contribution in [-0.2, 0) is 4.79 Å². The van der Waals surface area contributed by atoms with Gasteiger partial charge in [-0.3, -0.25) is 4.79 Å². The van der Waals surface area contributed by atoms with Crippen molar-refractivity contribution in [2.24, 2.45) is 0 Å². The van der Waals surface area contributed by atoms with E-state index in [4.69, 9.17) is 14.2 Å². The van der Waals surface area contributed by atoms with E-state index in [1.807, 2.05) is 13.8 Å². The number of amides is 3. The van der Waals surface area contributed by atoms with Crippen molar-refractivity contribution in [3.05, 3.63) is 12.1 Å². The first-order chi connectivity index (χ1) is 11.8. The van der Waals surface area contributed by atoms with Crippen molar-refractivity contribution >= 4 is 17.6 Å². The summed E-state index contributed by atoms with van der Waals surface area (Å²) in [4.78, 5) is 25.2. The first kappa shape index (κ1) is 20.4. The summed E-state index contributed by atoms with van der Waals surface area (Å²) in [7, 11) is 4.54. The number of ether oxygens (including phenoxy) is 3. The Hall–Kier alpha value is -2.64. The van der Waals surface area contributed by atoms with Crippen molar-refractivity contribution in [2.45, 2.75) is 26.8 Å². The Bertz CT molecular complexity index is 579. The molecular formula is C17H27N3O5. The molecule has 1 rings (SSSR count). The number of benzene rings is 1. The van der Waals surface area contributed by atoms with Crippen LogP contribution in [0.25, 0.3) is 0 Å². The lowest BCUT2D eigenvalue weighted by molar-refractivity contribution is -0.116. The van der Waals surface area contributed by atoms with Gasteiger partial charge in [-0.05, 0) is 13.8 Å². The van der Waals surface area contributed by atoms with Crippen LogP contribution in [0.1, 0.15) is 20.8 Å². The molecule has 0 heterocycles. The van der Waals surface area contributed by atoms with Gasteiger partial charge in [0.2, 0.25) is 11.7 Å². The van der Waals surface area contributed by atoms with E-state index in [1.165, 1.54) is 33.2 Å². The molecule has 0 unspecified atom stereocenters. The fourth-order valence-electron chi connectivity index (χ4n) is 2.29. The Kier molecular flexibility index (Phi) is 7.84. The van der Waals surface area contributed by atoms with Crippen LogP contribution in [0.3, 0.4) is 0 Å². The molecule has 0 radical (unpaired) electrons. The molecule has 0 aliphatic carbocycles. The molecule has 0 saturated carbocycles. The van der Waals surface area contributed by atoms with Crippen molar-refractivity contribution in [3.63, 3.8) is 0 Å². The first-order valence-electron chi connectivity index (χ1n) is 7.96. The second-order valence-electron chi connectivity index (χ2n) is 5.61. The van der Waals surface area contributed by atoms with Gasteiger partial charge in [-0.15, -0.1) is 0 Å². The zero-order valence-corrected chi connectivity index (χ0v) is 15.6. The lowest BCUT2D eigenvalue weighted by atomic mass is 10.2. The van der Waals surface area contributed by atoms with Crippen molar-refractivity contribution in [3.8, 4) is 17.2 Å². The van der Waals surface area contributed by atoms with Crippen molar-refractivity contribution in [1.29, 1.82) is 0 Å². The van der Waals surface area contributed by atoms with Crippen molar-refractivity contribution < 1.29 is 23.8 Å². The summed E-state index contributed by atoms with van der Waals surface area (Å²) in [5.74, 6) is 1.19. The third kappa shape index (κ3) is 5.74. The third-order valence-electron chi connectivity index (χ3n) is 3.38. The molecule has 0 saturated heterocycles. The quantitative estimate of drug-likeness (QED) is 0.743. The Labute approximate surface area is 148 Å². The summed E-state index contributed by atoms with van der Waals surface area (Å²) in [6, 6.07) is 3.15. The van der Waals surface area contributed by atoms with E-state index in [-0.39, 0.29) is 18.0 Å². The van der Waals surface area contributed by atoms with Gasteiger partial charge in [-0.25, -0.2) is 4.79 Å². The molecule has 0 aromatic heterocycles. The maximum absolute atomic E-state index is 12.0. The fourth-order valence-corrected chi connectivity index (χ4v) is 2.29. The molecule has 2 N–H and O–H groups in total. The first-order valence-corrected chi connectivity index (χ1v) is 7.96. The number of methoxy groups -OCH3 is 3. The molecule has 25 heavy (non-hydrogen) atoms. The minimum absolute atomic E-state index is 0.0408. The molecule has 0 aliphatic heterocycles. The number of anilines is 1. The lowest BCUT2D eigenvalue weighted by Crippen LogP contribution is -2.43. The summed E-state index contributed by atoms with van der Waals surface area (Å²) in [6.45, 7) is 5.81. The number of urea groups is 1. The van der Waals surface area contributed by atoms with E-state index >= 15 is 0 Å². The van der Waals surface area contributed by atoms with Crippen LogP contribution in [0.4, 0.5) is 10.5 Å². The van der Waals surface area contributed by atoms with Crippen LogP contribution in [0.5, 0.6) is 17.2 Å². The fraction of sp³-hybridized carbons (Fsp3) is 0.529. The minimum atomic E-state index is -0.275. The topological polar surface area (TPSA) is 89.1 Å². The van der Waals surface area contributed by atoms with Gasteiger partial charge in [-0.1, -0.05) is 0 Å². The average molecular weight is 353 g/mol. The molecule has 140 valence electrons. The Morgan fingerprint density at radius 3 is 2.04 bits per heavy atom. The number of nitrogens with one attached hydrogen (secondary N) is 2. The Balaban J connectivity index is 2.95. The number of hydrogen-bond donors (Lipinski definition) is 2. The predicted molar refractivity (Wildman–Crippen MR) is 95.8 cm³/mol. The van der Waals surface area contributed by atoms with Gasteiger partial charge < -0.3 is 29.7 Å². The molecule has 0 atom stereocenters. The minimum Gasteiger partial charge on any atom is -0.493 e. The Morgan fingerprint density at radius 2 is 1.64 bits per heavy atom. The number of carbonyl (C=O) groups is 2. The molecular weight excluding hydrogens is 326 g/mol. The van der Waals surface area contributed by atoms with E-state index in [9.17, 15) is 9.59 Å². The van der Waals surface area contributed by atoms with Crippen molar-refractivity contribution in [1.82, 2.24) is 10.6 Å². The van der Waals surface area contributed by atoms with Gasteiger partial charge in [0, 0.05) is 38.2 Å². The SMILES string of the molecule is COc1cc(N(CCNC(=O)NC(C)C)C(C)=O)cc(OC)c1OC. The van der Waals surface area contributed by atoms with Crippen LogP contribution in [0.2, 0.25) is 0 Å². The van der Waals surface area contributed by atoms with Crippen LogP contribution >= 0.6 is 0 Å². The molecule has 1 aromatic rings. The summed E-state index contributed by atoms with van der Waals surface area (Å²) in [5.41, 5.74) is 0.591. The number of carbonyl (C=O) groups excluding carboxylic acids is 2. The van der Waals surface area contributed by atoms with Crippen LogP contribution in [-0.4, -0.2) is 52.4 Å². The van der Waals surface area contributed by atoms with E-state index in [0.717, 1.165) is 0 Å². The van der Waals surface area contributed by atoms with Gasteiger partial charge in [-0.2, -0.15) is 0 Å². The average Bonchev–Trinajstić information content (AvgIpc) is 2.56. The van der Waals surface area contributed by atoms with E-state index in [1.54, 1.807) is 12.1 Å². The molecule has 3 amide bonds. The lowest BCUT2D eigenvalue weighted by Gasteiger charge is -2.24. The van der Waals surface area contributed by atoms with Crippen molar-refractivity contribution in [2.75, 3.05) is 39.3 Å². The molecule has 1 aromatic carbocycles. The maximum atomic E-state index is 12.0. The van der Waals surface area contributed by atoms with Crippen LogP contribution in [0, 0.1) is 0 Å². The molecule has 8 heteroatoms. The van der Waals surface area contributed by atoms with E-state index < -0.39 is 0 Å². The van der Waals surface area contributed by atoms with Gasteiger partial charge in [0.15, 0.2) is 11.5 Å². The summed E-state index contributed by atoms with van der Waals surface area (Å²) in [5, 5.41) is 5.44. The highest BCUT2D eigenvalue weighted by Gasteiger charge is 2.19. The summed E-state index contributed by atoms with van der Waals surface area (Å²) < 4.78 is 15.9. The zero-order valence-electron chi connectivity index (χ0n) is 15.6. The van der Waals surface area contributed by atoms with E-state index in [2.05, 4.69) is 10.6 Å². The number of rotatable bonds is 8. The second kappa shape index (κ2) is 9.61. The highest BCUT2D eigenvalue weighted by atomic mass is 16.5. The smallest absolute Gasteiger partial charge is 0.315 e. The molecule has 8 nitrogen and oxygen atoms in total. The monoisotopic (exact) mass is 353 g/mol. The number of nitrogens with zero attached hydrogens (tertiary/aromatic N) is 1. The van der Waals surface area contributed by atoms with Crippen LogP contribution < -0.4 is 29.7 Å². The van der Waals surface area contributed by atoms with Gasteiger partial charge in [0.1, 0.15) is 0 Å². The maximum Gasteiger partial charge on any atom is 0.315 e. The van der Waals surface area contributed by atoms with E-state index in [0.29, 0.717) is 36.0 Å². The van der Waals surface area contributed by atoms with Gasteiger partial charge in [0.05, 0.1) is 27.0 Å². The normalized spacial score (nSPS) is 10.2. The molecule has 0 spiro atoms. The molecule has 0 aliphatic rings. The standard InChI is InChI=1S/C17H27N3O5/c1-11(2)19-17(22)18-7-8-20(12(3)21)13-9-14(23-4)16(25-6)15(10-13)24-5/h9-11H,7-8H2,1-6H3,(H2,18,19,22). The zero-order chi connectivity index (χ0) is 19.0. The summed E-state index contributed by atoms with van der Waals surface area (Å²) in [6.07, 6.45) is 0. The van der Waals surface area contributed by atoms with Crippen LogP contribution in [0.15, 0.2) is 12.1 Å².